The fourth-order valence-corrected chi connectivity index (χ4v) is 4.55. The van der Waals surface area contributed by atoms with Crippen LogP contribution in [-0.2, 0) is 19.5 Å². The lowest BCUT2D eigenvalue weighted by Crippen LogP contribution is -2.26. The van der Waals surface area contributed by atoms with Crippen molar-refractivity contribution in [2.24, 2.45) is 0 Å². The molecule has 1 N–H and O–H groups in total. The van der Waals surface area contributed by atoms with Crippen molar-refractivity contribution in [2.45, 2.75) is 52.6 Å². The molecule has 0 saturated carbocycles. The van der Waals surface area contributed by atoms with Crippen LogP contribution in [0.25, 0.3) is 28.3 Å². The predicted octanol–water partition coefficient (Wildman–Crippen LogP) is 4.62. The van der Waals surface area contributed by atoms with Crippen LogP contribution >= 0.6 is 0 Å². The summed E-state index contributed by atoms with van der Waals surface area (Å²) in [5.74, 6) is 0.393. The summed E-state index contributed by atoms with van der Waals surface area (Å²) in [7, 11) is 0. The van der Waals surface area contributed by atoms with Gasteiger partial charge in [-0.15, -0.1) is 10.2 Å². The van der Waals surface area contributed by atoms with Crippen LogP contribution < -0.4 is 5.69 Å². The first-order valence-corrected chi connectivity index (χ1v) is 12.5. The molecule has 190 valence electrons. The van der Waals surface area contributed by atoms with Gasteiger partial charge < -0.3 is 4.57 Å². The Morgan fingerprint density at radius 3 is 2.65 bits per heavy atom. The van der Waals surface area contributed by atoms with Crippen LogP contribution in [0.3, 0.4) is 0 Å². The average Bonchev–Trinajstić information content (AvgIpc) is 3.65. The van der Waals surface area contributed by atoms with Gasteiger partial charge in [-0.05, 0) is 59.9 Å². The monoisotopic (exact) mass is 500 g/mol. The first kappa shape index (κ1) is 24.4. The molecule has 0 saturated heterocycles. The predicted molar refractivity (Wildman–Crippen MR) is 139 cm³/mol. The number of halogens is 1. The van der Waals surface area contributed by atoms with Crippen LogP contribution in [-0.4, -0.2) is 39.3 Å². The number of rotatable bonds is 10. The van der Waals surface area contributed by atoms with Gasteiger partial charge in [-0.3, -0.25) is 14.1 Å². The minimum absolute atomic E-state index is 0.271. The Balaban J connectivity index is 1.51. The Morgan fingerprint density at radius 2 is 1.86 bits per heavy atom. The molecule has 4 aromatic heterocycles. The Bertz CT molecular complexity index is 1550. The summed E-state index contributed by atoms with van der Waals surface area (Å²) >= 11 is 0. The molecule has 0 amide bonds. The van der Waals surface area contributed by atoms with E-state index in [1.54, 1.807) is 27.7 Å². The molecule has 0 aliphatic rings. The number of nitrogens with zero attached hydrogens (tertiary/aromatic N) is 7. The van der Waals surface area contributed by atoms with Gasteiger partial charge in [0.25, 0.3) is 0 Å². The molecular weight excluding hydrogens is 471 g/mol. The number of imidazole rings is 1. The maximum absolute atomic E-state index is 14.8. The van der Waals surface area contributed by atoms with Gasteiger partial charge in [0.05, 0.1) is 12.2 Å². The lowest BCUT2D eigenvalue weighted by atomic mass is 10.0. The fraction of sp³-hybridized carbons (Fsp3) is 0.296. The largest absolute Gasteiger partial charge is 0.334 e. The molecule has 5 aromatic rings. The molecule has 0 aliphatic heterocycles. The molecule has 0 radical (unpaired) electrons. The Kier molecular flexibility index (Phi) is 7.07. The van der Waals surface area contributed by atoms with Crippen molar-refractivity contribution in [3.63, 3.8) is 0 Å². The van der Waals surface area contributed by atoms with E-state index in [9.17, 15) is 9.18 Å². The highest BCUT2D eigenvalue weighted by molar-refractivity contribution is 5.70. The summed E-state index contributed by atoms with van der Waals surface area (Å²) in [6.45, 7) is 5.06. The van der Waals surface area contributed by atoms with Crippen molar-refractivity contribution >= 4 is 0 Å². The fourth-order valence-electron chi connectivity index (χ4n) is 4.55. The van der Waals surface area contributed by atoms with E-state index in [4.69, 9.17) is 0 Å². The molecule has 0 aliphatic carbocycles. The van der Waals surface area contributed by atoms with E-state index in [0.717, 1.165) is 53.8 Å². The van der Waals surface area contributed by atoms with Crippen molar-refractivity contribution in [1.82, 2.24) is 39.3 Å². The van der Waals surface area contributed by atoms with Crippen molar-refractivity contribution in [3.8, 4) is 28.3 Å². The standard InChI is InChI=1S/C27H29FN8O/c1-3-5-9-23-18-36(26-24(28)11-14-34(26)13-4-2)27(37)35(23)17-22-16-20(10-12-29-22)19-7-6-8-21(15-19)25-30-32-33-31-25/h6-8,10-12,14-16,18H,3-5,9,13,17H2,1-2H3,(H,30,31,32,33). The van der Waals surface area contributed by atoms with E-state index in [1.165, 1.54) is 10.6 Å². The molecule has 0 bridgehead atoms. The van der Waals surface area contributed by atoms with Crippen molar-refractivity contribution in [2.75, 3.05) is 0 Å². The molecule has 0 unspecified atom stereocenters. The molecule has 4 heterocycles. The third kappa shape index (κ3) is 5.00. The lowest BCUT2D eigenvalue weighted by molar-refractivity contribution is 0.584. The molecule has 1 aromatic carbocycles. The molecule has 0 atom stereocenters. The Labute approximate surface area is 213 Å². The second-order valence-electron chi connectivity index (χ2n) is 9.00. The molecule has 9 nitrogen and oxygen atoms in total. The summed E-state index contributed by atoms with van der Waals surface area (Å²) in [6, 6.07) is 13.2. The minimum atomic E-state index is -0.406. The second-order valence-corrected chi connectivity index (χ2v) is 9.00. The lowest BCUT2D eigenvalue weighted by Gasteiger charge is -2.09. The van der Waals surface area contributed by atoms with E-state index in [2.05, 4.69) is 32.5 Å². The van der Waals surface area contributed by atoms with Crippen molar-refractivity contribution in [1.29, 1.82) is 0 Å². The van der Waals surface area contributed by atoms with Crippen LogP contribution in [0.5, 0.6) is 0 Å². The normalized spacial score (nSPS) is 11.3. The highest BCUT2D eigenvalue weighted by Gasteiger charge is 2.19. The number of benzene rings is 1. The number of H-pyrrole nitrogens is 1. The topological polar surface area (TPSA) is 99.2 Å². The zero-order chi connectivity index (χ0) is 25.8. The maximum atomic E-state index is 14.8. The summed E-state index contributed by atoms with van der Waals surface area (Å²) in [6.07, 6.45) is 8.69. The van der Waals surface area contributed by atoms with Gasteiger partial charge in [0, 0.05) is 36.4 Å². The Hall–Kier alpha value is -4.34. The number of aromatic amines is 1. The van der Waals surface area contributed by atoms with Gasteiger partial charge >= 0.3 is 5.69 Å². The SMILES string of the molecule is CCCCc1cn(-c2c(F)ccn2CCC)c(=O)n1Cc1cc(-c2cccc(-c3nn[nH]n3)c2)ccn1. The molecule has 37 heavy (non-hydrogen) atoms. The molecular formula is C27H29FN8O. The molecule has 0 spiro atoms. The number of tetrazole rings is 1. The first-order valence-electron chi connectivity index (χ1n) is 12.5. The number of unbranched alkanes of at least 4 members (excludes halogenated alkanes) is 1. The maximum Gasteiger partial charge on any atom is 0.334 e. The molecule has 0 fully saturated rings. The number of aryl methyl sites for hydroxylation is 2. The van der Waals surface area contributed by atoms with E-state index in [-0.39, 0.29) is 11.5 Å². The van der Waals surface area contributed by atoms with Gasteiger partial charge in [0.15, 0.2) is 11.6 Å². The zero-order valence-electron chi connectivity index (χ0n) is 20.9. The van der Waals surface area contributed by atoms with Gasteiger partial charge in [0.1, 0.15) is 0 Å². The van der Waals surface area contributed by atoms with Crippen LogP contribution in [0.2, 0.25) is 0 Å². The average molecular weight is 501 g/mol. The van der Waals surface area contributed by atoms with Gasteiger partial charge in [-0.1, -0.05) is 38.5 Å². The number of nitrogens with one attached hydrogen (secondary N) is 1. The third-order valence-electron chi connectivity index (χ3n) is 6.36. The van der Waals surface area contributed by atoms with Crippen LogP contribution in [0.1, 0.15) is 44.5 Å². The first-order chi connectivity index (χ1) is 18.1. The minimum Gasteiger partial charge on any atom is -0.331 e. The van der Waals surface area contributed by atoms with E-state index >= 15 is 0 Å². The highest BCUT2D eigenvalue weighted by Crippen LogP contribution is 2.25. The molecule has 5 rings (SSSR count). The van der Waals surface area contributed by atoms with E-state index in [0.29, 0.717) is 18.9 Å². The zero-order valence-corrected chi connectivity index (χ0v) is 20.9. The number of hydrogen-bond acceptors (Lipinski definition) is 5. The van der Waals surface area contributed by atoms with Crippen LogP contribution in [0.4, 0.5) is 4.39 Å². The van der Waals surface area contributed by atoms with Crippen LogP contribution in [0.15, 0.2) is 65.8 Å². The van der Waals surface area contributed by atoms with E-state index in [1.807, 2.05) is 43.3 Å². The molecule has 10 heteroatoms. The van der Waals surface area contributed by atoms with Gasteiger partial charge in [-0.2, -0.15) is 5.21 Å². The number of pyridine rings is 1. The van der Waals surface area contributed by atoms with Crippen molar-refractivity contribution in [3.05, 3.63) is 88.7 Å². The highest BCUT2D eigenvalue weighted by atomic mass is 19.1. The summed E-state index contributed by atoms with van der Waals surface area (Å²) in [4.78, 5) is 18.1. The van der Waals surface area contributed by atoms with Gasteiger partial charge in [-0.25, -0.2) is 9.18 Å². The number of hydrogen-bond donors (Lipinski definition) is 1. The van der Waals surface area contributed by atoms with Crippen LogP contribution in [0, 0.1) is 5.82 Å². The quantitative estimate of drug-likeness (QED) is 0.302. The summed E-state index contributed by atoms with van der Waals surface area (Å²) in [5, 5.41) is 14.2. The summed E-state index contributed by atoms with van der Waals surface area (Å²) < 4.78 is 19.7. The third-order valence-corrected chi connectivity index (χ3v) is 6.36. The summed E-state index contributed by atoms with van der Waals surface area (Å²) in [5.41, 5.74) is 4.11. The smallest absolute Gasteiger partial charge is 0.331 e. The van der Waals surface area contributed by atoms with Crippen molar-refractivity contribution < 1.29 is 4.39 Å². The second kappa shape index (κ2) is 10.7. The van der Waals surface area contributed by atoms with Gasteiger partial charge in [0.2, 0.25) is 5.82 Å². The number of aromatic nitrogens is 8. The Morgan fingerprint density at radius 1 is 1.03 bits per heavy atom. The van der Waals surface area contributed by atoms with E-state index < -0.39 is 5.82 Å².